The van der Waals surface area contributed by atoms with Crippen molar-refractivity contribution >= 4 is 33.6 Å². The van der Waals surface area contributed by atoms with Crippen molar-refractivity contribution in [1.82, 2.24) is 0 Å². The Kier molecular flexibility index (Phi) is 67.3. The molecule has 0 saturated carbocycles. The predicted molar refractivity (Wildman–Crippen MR) is 390 cm³/mol. The Hall–Kier alpha value is -3.79. The third-order valence-electron chi connectivity index (χ3n) is 15.5. The van der Waals surface area contributed by atoms with Crippen LogP contribution >= 0.6 is 15.6 Å². The summed E-state index contributed by atoms with van der Waals surface area (Å²) in [5, 5.41) is 20.6. The highest BCUT2D eigenvalue weighted by atomic mass is 31.2. The maximum Gasteiger partial charge on any atom is 0.472 e. The molecule has 0 aromatic heterocycles. The Balaban J connectivity index is 4.34. The summed E-state index contributed by atoms with van der Waals surface area (Å²) < 4.78 is 60.9. The monoisotopic (exact) mass is 1380 g/mol. The number of esters is 3. The van der Waals surface area contributed by atoms with Gasteiger partial charge in [-0.25, -0.2) is 9.13 Å². The summed E-state index contributed by atoms with van der Waals surface area (Å²) >= 11 is 0. The zero-order valence-electron chi connectivity index (χ0n) is 59.6. The Bertz CT molecular complexity index is 2170. The Labute approximate surface area is 577 Å². The third-order valence-corrected chi connectivity index (χ3v) is 17.4. The van der Waals surface area contributed by atoms with Gasteiger partial charge < -0.3 is 34.2 Å². The first-order valence-corrected chi connectivity index (χ1v) is 40.2. The molecule has 16 nitrogen and oxygen atoms in total. The Morgan fingerprint density at radius 3 is 0.884 bits per heavy atom. The minimum atomic E-state index is -4.92. The van der Waals surface area contributed by atoms with Crippen LogP contribution in [0.15, 0.2) is 109 Å². The summed E-state index contributed by atoms with van der Waals surface area (Å²) in [5.41, 5.74) is 0. The van der Waals surface area contributed by atoms with E-state index in [0.717, 1.165) is 141 Å². The van der Waals surface area contributed by atoms with Gasteiger partial charge in [0.15, 0.2) is 6.10 Å². The molecule has 0 bridgehead atoms. The van der Waals surface area contributed by atoms with E-state index in [9.17, 15) is 43.5 Å². The van der Waals surface area contributed by atoms with Crippen molar-refractivity contribution in [3.63, 3.8) is 0 Å². The minimum absolute atomic E-state index is 0.103. The molecule has 548 valence electrons. The summed E-state index contributed by atoms with van der Waals surface area (Å²) in [5.74, 6) is -1.59. The van der Waals surface area contributed by atoms with Crippen molar-refractivity contribution in [3.05, 3.63) is 109 Å². The molecule has 0 rings (SSSR count). The van der Waals surface area contributed by atoms with Gasteiger partial charge in [-0.15, -0.1) is 0 Å². The molecule has 0 radical (unpaired) electrons. The van der Waals surface area contributed by atoms with Gasteiger partial charge in [0, 0.05) is 19.3 Å². The highest BCUT2D eigenvalue weighted by molar-refractivity contribution is 7.47. The first kappa shape index (κ1) is 91.2. The van der Waals surface area contributed by atoms with Gasteiger partial charge in [-0.05, 0) is 103 Å². The lowest BCUT2D eigenvalue weighted by Gasteiger charge is -2.21. The van der Waals surface area contributed by atoms with Crippen LogP contribution in [0.5, 0.6) is 0 Å². The maximum absolute atomic E-state index is 12.9. The van der Waals surface area contributed by atoms with Crippen molar-refractivity contribution in [2.24, 2.45) is 0 Å². The number of hydrogen-bond acceptors (Lipinski definition) is 14. The van der Waals surface area contributed by atoms with Crippen LogP contribution in [0.3, 0.4) is 0 Å². The molecular weight excluding hydrogens is 1240 g/mol. The van der Waals surface area contributed by atoms with Gasteiger partial charge in [0.2, 0.25) is 0 Å². The van der Waals surface area contributed by atoms with Crippen molar-refractivity contribution in [3.8, 4) is 0 Å². The minimum Gasteiger partial charge on any atom is -0.463 e. The highest BCUT2D eigenvalue weighted by Gasteiger charge is 2.29. The fraction of sp³-hybridized carbons (Fsp3) is 0.727. The molecule has 0 saturated heterocycles. The number of aliphatic hydroxyl groups is 2. The van der Waals surface area contributed by atoms with Crippen LogP contribution in [0.4, 0.5) is 0 Å². The van der Waals surface area contributed by atoms with Gasteiger partial charge in [0.1, 0.15) is 25.4 Å². The molecule has 0 aliphatic heterocycles. The van der Waals surface area contributed by atoms with E-state index >= 15 is 0 Å². The molecule has 0 aliphatic carbocycles. The molecule has 18 heteroatoms. The number of allylic oxidation sites excluding steroid dienone is 18. The normalized spacial score (nSPS) is 14.7. The molecule has 95 heavy (non-hydrogen) atoms. The van der Waals surface area contributed by atoms with Crippen LogP contribution in [-0.4, -0.2) is 95.9 Å². The molecule has 0 heterocycles. The van der Waals surface area contributed by atoms with Crippen LogP contribution in [0, 0.1) is 0 Å². The second-order valence-electron chi connectivity index (χ2n) is 24.7. The first-order valence-electron chi connectivity index (χ1n) is 37.2. The molecule has 0 spiro atoms. The van der Waals surface area contributed by atoms with Crippen molar-refractivity contribution < 1.29 is 75.8 Å². The quantitative estimate of drug-likeness (QED) is 0.0146. The zero-order valence-corrected chi connectivity index (χ0v) is 61.4. The van der Waals surface area contributed by atoms with Crippen LogP contribution in [0.1, 0.15) is 303 Å². The molecule has 5 unspecified atom stereocenters. The van der Waals surface area contributed by atoms with Gasteiger partial charge >= 0.3 is 33.6 Å². The second kappa shape index (κ2) is 70.1. The van der Waals surface area contributed by atoms with Gasteiger partial charge in [-0.1, -0.05) is 291 Å². The summed E-state index contributed by atoms with van der Waals surface area (Å²) in [4.78, 5) is 58.3. The third kappa shape index (κ3) is 71.3. The number of hydrogen-bond donors (Lipinski definition) is 4. The topological polar surface area (TPSA) is 231 Å². The van der Waals surface area contributed by atoms with E-state index in [4.69, 9.17) is 32.3 Å². The Morgan fingerprint density at radius 2 is 0.558 bits per heavy atom. The van der Waals surface area contributed by atoms with E-state index in [1.807, 2.05) is 0 Å². The molecule has 5 atom stereocenters. The van der Waals surface area contributed by atoms with Crippen molar-refractivity contribution in [1.29, 1.82) is 0 Å². The first-order chi connectivity index (χ1) is 46.2. The smallest absolute Gasteiger partial charge is 0.463 e. The van der Waals surface area contributed by atoms with E-state index in [1.165, 1.54) is 103 Å². The number of phosphoric ester groups is 2. The SMILES string of the molecule is CC/C=C\C/C=C\C/C=C\C/C=C\C/C=C\C/C=C\CCCCCCCCCCCCCCCCC(=O)OCC(O)COP(=O)(O)OCC(O)COP(=O)(O)OCC(COC(=O)CCCCCCC/C=C\C/C=C\C/C=C\CC)OC(=O)CCCCCCCCCCCCC. The van der Waals surface area contributed by atoms with Crippen molar-refractivity contribution in [2.75, 3.05) is 39.6 Å². The number of ether oxygens (including phenoxy) is 3. The average Bonchev–Trinajstić information content (AvgIpc) is 3.18. The fourth-order valence-electron chi connectivity index (χ4n) is 9.88. The lowest BCUT2D eigenvalue weighted by molar-refractivity contribution is -0.161. The van der Waals surface area contributed by atoms with Crippen LogP contribution in [0.2, 0.25) is 0 Å². The summed E-state index contributed by atoms with van der Waals surface area (Å²) in [6, 6.07) is 0. The standard InChI is InChI=1S/C77H134O16P2/c1-4-7-10-13-16-19-22-24-26-27-28-29-30-31-32-33-34-35-36-37-38-39-40-41-42-43-45-47-49-51-54-57-60-63-75(80)87-66-72(78)67-89-94(83,84)90-68-73(79)69-91-95(85,86)92-71-74(93-77(82)65-62-59-56-53-48-21-18-15-12-9-6-3)70-88-76(81)64-61-58-55-52-50-46-44-25-23-20-17-14-11-8-5-2/h7-8,10-11,16-17,19-20,24-26,28-29,31-32,34-35,44,72-74,78-79H,4-6,9,12-15,18,21-23,27,30,33,36-43,45-71H2,1-3H3,(H,83,84)(H,85,86)/b10-7-,11-8-,19-16-,20-17-,26-24-,29-28-,32-31-,35-34-,44-25-. The molecular formula is C77H134O16P2. The van der Waals surface area contributed by atoms with Crippen molar-refractivity contribution in [2.45, 2.75) is 322 Å². The van der Waals surface area contributed by atoms with E-state index in [-0.39, 0.29) is 19.3 Å². The van der Waals surface area contributed by atoms with Gasteiger partial charge in [-0.3, -0.25) is 32.5 Å². The van der Waals surface area contributed by atoms with E-state index in [2.05, 4.69) is 130 Å². The molecule has 0 aromatic carbocycles. The molecule has 0 amide bonds. The van der Waals surface area contributed by atoms with E-state index in [0.29, 0.717) is 19.3 Å². The maximum atomic E-state index is 12.9. The number of carbonyl (C=O) groups excluding carboxylic acids is 3. The highest BCUT2D eigenvalue weighted by Crippen LogP contribution is 2.45. The van der Waals surface area contributed by atoms with Crippen LogP contribution in [0.25, 0.3) is 0 Å². The average molecular weight is 1380 g/mol. The molecule has 0 aliphatic rings. The summed E-state index contributed by atoms with van der Waals surface area (Å²) in [6.45, 7) is 2.43. The lowest BCUT2D eigenvalue weighted by Crippen LogP contribution is -2.30. The number of carbonyl (C=O) groups is 3. The van der Waals surface area contributed by atoms with E-state index in [1.54, 1.807) is 0 Å². The molecule has 4 N–H and O–H groups in total. The van der Waals surface area contributed by atoms with Gasteiger partial charge in [0.25, 0.3) is 0 Å². The van der Waals surface area contributed by atoms with Crippen LogP contribution < -0.4 is 0 Å². The van der Waals surface area contributed by atoms with Crippen LogP contribution in [-0.2, 0) is 55.8 Å². The number of aliphatic hydroxyl groups excluding tert-OH is 2. The number of phosphoric acid groups is 2. The largest absolute Gasteiger partial charge is 0.472 e. The molecule has 0 fully saturated rings. The summed E-state index contributed by atoms with van der Waals surface area (Å²) in [7, 11) is -9.77. The van der Waals surface area contributed by atoms with Gasteiger partial charge in [0.05, 0.1) is 26.4 Å². The number of rotatable bonds is 70. The second-order valence-corrected chi connectivity index (χ2v) is 27.6. The zero-order chi connectivity index (χ0) is 69.5. The lowest BCUT2D eigenvalue weighted by atomic mass is 10.0. The summed E-state index contributed by atoms with van der Waals surface area (Å²) in [6.07, 6.45) is 80.3. The fourth-order valence-corrected chi connectivity index (χ4v) is 11.5. The Morgan fingerprint density at radius 1 is 0.305 bits per heavy atom. The predicted octanol–water partition coefficient (Wildman–Crippen LogP) is 21.2. The van der Waals surface area contributed by atoms with E-state index < -0.39 is 91.5 Å². The molecule has 0 aromatic rings. The van der Waals surface area contributed by atoms with Gasteiger partial charge in [-0.2, -0.15) is 0 Å². The number of unbranched alkanes of at least 4 members (excludes halogenated alkanes) is 29.